The Morgan fingerprint density at radius 1 is 0.457 bits per heavy atom. The van der Waals surface area contributed by atoms with Crippen molar-refractivity contribution in [1.29, 1.82) is 0 Å². The third kappa shape index (κ3) is 3.69. The predicted octanol–water partition coefficient (Wildman–Crippen LogP) is 11.8. The number of hydrogen-bond acceptors (Lipinski definition) is 1. The van der Waals surface area contributed by atoms with Gasteiger partial charge in [-0.15, -0.1) is 0 Å². The molecule has 4 bridgehead atoms. The molecule has 0 N–H and O–H groups in total. The van der Waals surface area contributed by atoms with Crippen molar-refractivity contribution in [2.24, 2.45) is 23.7 Å². The monoisotopic (exact) mass is 591 g/mol. The molecule has 1 heteroatoms. The van der Waals surface area contributed by atoms with Crippen LogP contribution in [0.3, 0.4) is 0 Å². The van der Waals surface area contributed by atoms with E-state index in [1.807, 2.05) is 0 Å². The minimum Gasteiger partial charge on any atom is -0.310 e. The number of benzene rings is 6. The molecule has 6 aromatic carbocycles. The van der Waals surface area contributed by atoms with Gasteiger partial charge in [-0.25, -0.2) is 0 Å². The molecule has 0 heterocycles. The zero-order valence-corrected chi connectivity index (χ0v) is 26.0. The maximum absolute atomic E-state index is 2.54. The van der Waals surface area contributed by atoms with Gasteiger partial charge >= 0.3 is 0 Å². The number of hydrogen-bond donors (Lipinski definition) is 0. The lowest BCUT2D eigenvalue weighted by Crippen LogP contribution is -2.40. The fourth-order valence-electron chi connectivity index (χ4n) is 10.5. The van der Waals surface area contributed by atoms with E-state index in [4.69, 9.17) is 0 Å². The van der Waals surface area contributed by atoms with E-state index in [1.54, 1.807) is 11.1 Å². The van der Waals surface area contributed by atoms with Crippen molar-refractivity contribution < 1.29 is 0 Å². The smallest absolute Gasteiger partial charge is 0.0540 e. The minimum atomic E-state index is 0.197. The summed E-state index contributed by atoms with van der Waals surface area (Å²) in [5.74, 6) is 3.43. The third-order valence-corrected chi connectivity index (χ3v) is 12.0. The fraction of sp³-hybridized carbons (Fsp3) is 0.200. The largest absolute Gasteiger partial charge is 0.310 e. The molecule has 0 amide bonds. The molecule has 4 saturated carbocycles. The van der Waals surface area contributed by atoms with Crippen LogP contribution in [0.1, 0.15) is 36.8 Å². The zero-order chi connectivity index (χ0) is 30.2. The summed E-state index contributed by atoms with van der Waals surface area (Å²) in [5.41, 5.74) is 14.8. The van der Waals surface area contributed by atoms with Crippen molar-refractivity contribution >= 4 is 17.1 Å². The predicted molar refractivity (Wildman–Crippen MR) is 191 cm³/mol. The summed E-state index contributed by atoms with van der Waals surface area (Å²) in [6, 6.07) is 56.5. The topological polar surface area (TPSA) is 3.24 Å². The Kier molecular flexibility index (Phi) is 5.76. The Morgan fingerprint density at radius 3 is 1.96 bits per heavy atom. The first-order valence-corrected chi connectivity index (χ1v) is 17.1. The standard InChI is InChI=1S/C45H37N/c1-3-12-31(13-4-1)33-16-11-17-36(28-33)46(44-21-10-8-18-38(44)32-14-5-2-6-15-32)37-22-23-42-40(29-37)39-19-7-9-20-41(39)45(42)35-25-30-24-34(27-35)43(45)26-30/h1-23,28-30,34-35,43H,24-27H2. The Balaban J connectivity index is 1.19. The Hall–Kier alpha value is -4.88. The second kappa shape index (κ2) is 10.1. The van der Waals surface area contributed by atoms with Crippen molar-refractivity contribution in [1.82, 2.24) is 0 Å². The molecule has 5 aliphatic carbocycles. The van der Waals surface area contributed by atoms with Gasteiger partial charge in [0.05, 0.1) is 5.69 Å². The molecular weight excluding hydrogens is 555 g/mol. The summed E-state index contributed by atoms with van der Waals surface area (Å²) in [6.07, 6.45) is 5.70. The first-order valence-electron chi connectivity index (χ1n) is 17.1. The SMILES string of the molecule is c1ccc(-c2cccc(N(c3ccc4c(c3)-c3ccccc3C43C4CC5CC(C4)C3C5)c3ccccc3-c3ccccc3)c2)cc1. The van der Waals surface area contributed by atoms with E-state index in [0.29, 0.717) is 0 Å². The van der Waals surface area contributed by atoms with Gasteiger partial charge in [0.2, 0.25) is 0 Å². The lowest BCUT2D eigenvalue weighted by molar-refractivity contribution is 0.191. The highest BCUT2D eigenvalue weighted by Crippen LogP contribution is 2.73. The first-order chi connectivity index (χ1) is 22.8. The molecule has 0 aromatic heterocycles. The lowest BCUT2D eigenvalue weighted by Gasteiger charge is -2.44. The van der Waals surface area contributed by atoms with Gasteiger partial charge < -0.3 is 4.90 Å². The molecule has 5 unspecified atom stereocenters. The average Bonchev–Trinajstić information content (AvgIpc) is 3.67. The second-order valence-corrected chi connectivity index (χ2v) is 14.2. The highest BCUT2D eigenvalue weighted by atomic mass is 15.1. The zero-order valence-electron chi connectivity index (χ0n) is 26.0. The van der Waals surface area contributed by atoms with E-state index in [1.165, 1.54) is 76.1 Å². The van der Waals surface area contributed by atoms with Crippen LogP contribution in [0.5, 0.6) is 0 Å². The van der Waals surface area contributed by atoms with Crippen molar-refractivity contribution in [2.45, 2.75) is 31.1 Å². The molecule has 4 fully saturated rings. The maximum Gasteiger partial charge on any atom is 0.0540 e. The summed E-state index contributed by atoms with van der Waals surface area (Å²) in [7, 11) is 0. The van der Waals surface area contributed by atoms with Gasteiger partial charge in [0.1, 0.15) is 0 Å². The van der Waals surface area contributed by atoms with Crippen molar-refractivity contribution in [3.63, 3.8) is 0 Å². The van der Waals surface area contributed by atoms with Crippen molar-refractivity contribution in [2.75, 3.05) is 4.90 Å². The van der Waals surface area contributed by atoms with Crippen LogP contribution in [-0.4, -0.2) is 0 Å². The minimum absolute atomic E-state index is 0.197. The molecule has 1 nitrogen and oxygen atoms in total. The highest BCUT2D eigenvalue weighted by molar-refractivity contribution is 5.92. The summed E-state index contributed by atoms with van der Waals surface area (Å²) >= 11 is 0. The number of anilines is 3. The van der Waals surface area contributed by atoms with E-state index in [9.17, 15) is 0 Å². The van der Waals surface area contributed by atoms with E-state index >= 15 is 0 Å². The van der Waals surface area contributed by atoms with E-state index in [0.717, 1.165) is 23.7 Å². The van der Waals surface area contributed by atoms with E-state index in [-0.39, 0.29) is 5.41 Å². The van der Waals surface area contributed by atoms with Crippen molar-refractivity contribution in [3.8, 4) is 33.4 Å². The number of para-hydroxylation sites is 1. The van der Waals surface area contributed by atoms with Gasteiger partial charge in [-0.2, -0.15) is 0 Å². The molecule has 5 atom stereocenters. The van der Waals surface area contributed by atoms with Crippen molar-refractivity contribution in [3.05, 3.63) is 163 Å². The maximum atomic E-state index is 2.54. The van der Waals surface area contributed by atoms with Crippen LogP contribution in [0, 0.1) is 23.7 Å². The number of fused-ring (bicyclic) bond motifs is 3. The van der Waals surface area contributed by atoms with Gasteiger partial charge in [0.15, 0.2) is 0 Å². The summed E-state index contributed by atoms with van der Waals surface area (Å²) in [4.78, 5) is 2.50. The molecule has 0 saturated heterocycles. The molecule has 222 valence electrons. The molecule has 0 aliphatic heterocycles. The molecule has 6 aromatic rings. The highest BCUT2D eigenvalue weighted by Gasteiger charge is 2.65. The Morgan fingerprint density at radius 2 is 1.13 bits per heavy atom. The van der Waals surface area contributed by atoms with E-state index in [2.05, 4.69) is 157 Å². The van der Waals surface area contributed by atoms with Gasteiger partial charge in [0, 0.05) is 22.4 Å². The summed E-state index contributed by atoms with van der Waals surface area (Å²) in [6.45, 7) is 0. The molecular formula is C45H37N. The summed E-state index contributed by atoms with van der Waals surface area (Å²) in [5, 5.41) is 0. The van der Waals surface area contributed by atoms with Crippen LogP contribution in [0.4, 0.5) is 17.1 Å². The number of rotatable bonds is 5. The Bertz CT molecular complexity index is 2090. The quantitative estimate of drug-likeness (QED) is 0.193. The van der Waals surface area contributed by atoms with Crippen LogP contribution in [-0.2, 0) is 5.41 Å². The molecule has 1 spiro atoms. The van der Waals surface area contributed by atoms with Crippen LogP contribution in [0.15, 0.2) is 152 Å². The third-order valence-electron chi connectivity index (χ3n) is 12.0. The molecule has 0 radical (unpaired) electrons. The van der Waals surface area contributed by atoms with Gasteiger partial charge in [0.25, 0.3) is 0 Å². The number of nitrogens with zero attached hydrogens (tertiary/aromatic N) is 1. The normalized spacial score (nSPS) is 24.7. The van der Waals surface area contributed by atoms with Gasteiger partial charge in [-0.3, -0.25) is 0 Å². The van der Waals surface area contributed by atoms with Crippen LogP contribution in [0.25, 0.3) is 33.4 Å². The van der Waals surface area contributed by atoms with Crippen LogP contribution in [0.2, 0.25) is 0 Å². The fourth-order valence-corrected chi connectivity index (χ4v) is 10.5. The summed E-state index contributed by atoms with van der Waals surface area (Å²) < 4.78 is 0. The first kappa shape index (κ1) is 26.3. The lowest BCUT2D eigenvalue weighted by atomic mass is 9.59. The van der Waals surface area contributed by atoms with Gasteiger partial charge in [-0.05, 0) is 119 Å². The van der Waals surface area contributed by atoms with Crippen LogP contribution < -0.4 is 4.90 Å². The molecule has 46 heavy (non-hydrogen) atoms. The van der Waals surface area contributed by atoms with E-state index < -0.39 is 0 Å². The van der Waals surface area contributed by atoms with Crippen LogP contribution >= 0.6 is 0 Å². The van der Waals surface area contributed by atoms with Gasteiger partial charge in [-0.1, -0.05) is 121 Å². The average molecular weight is 592 g/mol. The molecule has 5 aliphatic rings. The Labute approximate surface area is 272 Å². The second-order valence-electron chi connectivity index (χ2n) is 14.2. The molecule has 11 rings (SSSR count).